The predicted octanol–water partition coefficient (Wildman–Crippen LogP) is 3.49. The summed E-state index contributed by atoms with van der Waals surface area (Å²) in [5.41, 5.74) is 0.928. The summed E-state index contributed by atoms with van der Waals surface area (Å²) in [6, 6.07) is 7.34. The number of halogens is 3. The van der Waals surface area contributed by atoms with Crippen LogP contribution in [0.1, 0.15) is 22.8 Å². The van der Waals surface area contributed by atoms with E-state index in [1.54, 1.807) is 13.0 Å². The maximum Gasteiger partial charge on any atom is 0.159 e. The predicted molar refractivity (Wildman–Crippen MR) is 61.6 cm³/mol. The zero-order chi connectivity index (χ0) is 13.3. The van der Waals surface area contributed by atoms with Crippen molar-refractivity contribution < 1.29 is 18.3 Å². The van der Waals surface area contributed by atoms with Crippen LogP contribution < -0.4 is 0 Å². The van der Waals surface area contributed by atoms with Gasteiger partial charge in [0.1, 0.15) is 11.9 Å². The molecule has 0 aliphatic heterocycles. The smallest absolute Gasteiger partial charge is 0.159 e. The van der Waals surface area contributed by atoms with Gasteiger partial charge >= 0.3 is 0 Å². The number of aliphatic hydroxyl groups is 1. The van der Waals surface area contributed by atoms with E-state index in [-0.39, 0.29) is 5.56 Å². The SMILES string of the molecule is Cc1ccc(C(O)c2ccc(F)c(F)c2)cc1F. The molecule has 0 aromatic heterocycles. The summed E-state index contributed by atoms with van der Waals surface area (Å²) in [4.78, 5) is 0. The summed E-state index contributed by atoms with van der Waals surface area (Å²) in [6.07, 6.45) is -1.19. The first kappa shape index (κ1) is 12.6. The molecule has 2 rings (SSSR count). The van der Waals surface area contributed by atoms with Gasteiger partial charge in [0.2, 0.25) is 0 Å². The highest BCUT2D eigenvalue weighted by Crippen LogP contribution is 2.24. The Labute approximate surface area is 103 Å². The van der Waals surface area contributed by atoms with Crippen molar-refractivity contribution in [2.24, 2.45) is 0 Å². The Morgan fingerprint density at radius 1 is 0.833 bits per heavy atom. The van der Waals surface area contributed by atoms with Gasteiger partial charge in [-0.15, -0.1) is 0 Å². The van der Waals surface area contributed by atoms with Crippen molar-refractivity contribution in [3.63, 3.8) is 0 Å². The van der Waals surface area contributed by atoms with Crippen molar-refractivity contribution in [2.45, 2.75) is 13.0 Å². The molecule has 0 amide bonds. The van der Waals surface area contributed by atoms with Crippen molar-refractivity contribution in [3.8, 4) is 0 Å². The van der Waals surface area contributed by atoms with Gasteiger partial charge in [0, 0.05) is 0 Å². The Morgan fingerprint density at radius 3 is 1.94 bits per heavy atom. The van der Waals surface area contributed by atoms with Crippen LogP contribution in [0.5, 0.6) is 0 Å². The summed E-state index contributed by atoms with van der Waals surface area (Å²) in [7, 11) is 0. The normalized spacial score (nSPS) is 12.5. The molecule has 1 nitrogen and oxygen atoms in total. The Hall–Kier alpha value is -1.81. The zero-order valence-electron chi connectivity index (χ0n) is 9.62. The van der Waals surface area contributed by atoms with Gasteiger partial charge in [-0.1, -0.05) is 18.2 Å². The number of benzene rings is 2. The summed E-state index contributed by atoms with van der Waals surface area (Å²) >= 11 is 0. The fraction of sp³-hybridized carbons (Fsp3) is 0.143. The number of hydrogen-bond donors (Lipinski definition) is 1. The minimum absolute atomic E-state index is 0.178. The third kappa shape index (κ3) is 2.38. The van der Waals surface area contributed by atoms with Gasteiger partial charge in [0.05, 0.1) is 0 Å². The van der Waals surface area contributed by atoms with Crippen molar-refractivity contribution in [2.75, 3.05) is 0 Å². The molecule has 0 saturated carbocycles. The lowest BCUT2D eigenvalue weighted by Gasteiger charge is -2.12. The Kier molecular flexibility index (Phi) is 3.39. The largest absolute Gasteiger partial charge is 0.384 e. The molecular weight excluding hydrogens is 241 g/mol. The molecular formula is C14H11F3O. The fourth-order valence-electron chi connectivity index (χ4n) is 1.65. The molecule has 1 unspecified atom stereocenters. The molecule has 0 bridgehead atoms. The van der Waals surface area contributed by atoms with Gasteiger partial charge in [-0.3, -0.25) is 0 Å². The molecule has 1 atom stereocenters. The molecule has 18 heavy (non-hydrogen) atoms. The number of aliphatic hydroxyl groups excluding tert-OH is 1. The minimum atomic E-state index is -1.19. The standard InChI is InChI=1S/C14H11F3O/c1-8-2-3-9(6-12(8)16)14(18)10-4-5-11(15)13(17)7-10/h2-7,14,18H,1H3. The molecule has 0 aliphatic carbocycles. The van der Waals surface area contributed by atoms with E-state index < -0.39 is 23.6 Å². The summed E-state index contributed by atoms with van der Waals surface area (Å²) in [6.45, 7) is 1.60. The number of hydrogen-bond acceptors (Lipinski definition) is 1. The highest BCUT2D eigenvalue weighted by Gasteiger charge is 2.14. The van der Waals surface area contributed by atoms with E-state index in [2.05, 4.69) is 0 Å². The summed E-state index contributed by atoms with van der Waals surface area (Å²) in [5.74, 6) is -2.48. The van der Waals surface area contributed by atoms with E-state index in [1.807, 2.05) is 0 Å². The maximum absolute atomic E-state index is 13.4. The van der Waals surface area contributed by atoms with Gasteiger partial charge in [0.25, 0.3) is 0 Å². The summed E-state index contributed by atoms with van der Waals surface area (Å²) < 4.78 is 39.2. The minimum Gasteiger partial charge on any atom is -0.384 e. The van der Waals surface area contributed by atoms with Crippen LogP contribution in [-0.4, -0.2) is 5.11 Å². The second-order valence-electron chi connectivity index (χ2n) is 4.08. The number of rotatable bonds is 2. The van der Waals surface area contributed by atoms with E-state index in [9.17, 15) is 18.3 Å². The quantitative estimate of drug-likeness (QED) is 0.867. The highest BCUT2D eigenvalue weighted by molar-refractivity contribution is 5.32. The molecule has 0 aliphatic rings. The van der Waals surface area contributed by atoms with E-state index in [1.165, 1.54) is 18.2 Å². The molecule has 2 aromatic rings. The molecule has 4 heteroatoms. The van der Waals surface area contributed by atoms with Crippen LogP contribution in [0, 0.1) is 24.4 Å². The van der Waals surface area contributed by atoms with Crippen LogP contribution in [0.2, 0.25) is 0 Å². The zero-order valence-corrected chi connectivity index (χ0v) is 9.62. The molecule has 0 radical (unpaired) electrons. The van der Waals surface area contributed by atoms with Gasteiger partial charge in [-0.25, -0.2) is 13.2 Å². The van der Waals surface area contributed by atoms with Crippen LogP contribution >= 0.6 is 0 Å². The molecule has 0 saturated heterocycles. The van der Waals surface area contributed by atoms with Gasteiger partial charge in [0.15, 0.2) is 11.6 Å². The van der Waals surface area contributed by atoms with Gasteiger partial charge in [-0.05, 0) is 41.8 Å². The van der Waals surface area contributed by atoms with E-state index >= 15 is 0 Å². The molecule has 0 fully saturated rings. The van der Waals surface area contributed by atoms with Crippen molar-refractivity contribution in [3.05, 3.63) is 70.5 Å². The second-order valence-corrected chi connectivity index (χ2v) is 4.08. The fourth-order valence-corrected chi connectivity index (χ4v) is 1.65. The maximum atomic E-state index is 13.4. The lowest BCUT2D eigenvalue weighted by atomic mass is 10.00. The van der Waals surface area contributed by atoms with Crippen LogP contribution in [0.3, 0.4) is 0 Å². The van der Waals surface area contributed by atoms with Gasteiger partial charge in [-0.2, -0.15) is 0 Å². The molecule has 0 heterocycles. The van der Waals surface area contributed by atoms with E-state index in [0.717, 1.165) is 12.1 Å². The number of aryl methyl sites for hydroxylation is 1. The van der Waals surface area contributed by atoms with Crippen LogP contribution in [0.4, 0.5) is 13.2 Å². The van der Waals surface area contributed by atoms with Crippen molar-refractivity contribution >= 4 is 0 Å². The Morgan fingerprint density at radius 2 is 1.39 bits per heavy atom. The highest BCUT2D eigenvalue weighted by atomic mass is 19.2. The first-order valence-corrected chi connectivity index (χ1v) is 5.38. The lowest BCUT2D eigenvalue weighted by Crippen LogP contribution is -2.02. The Balaban J connectivity index is 2.37. The average molecular weight is 252 g/mol. The average Bonchev–Trinajstić information content (AvgIpc) is 2.35. The van der Waals surface area contributed by atoms with E-state index in [0.29, 0.717) is 11.1 Å². The van der Waals surface area contributed by atoms with E-state index in [4.69, 9.17) is 0 Å². The molecule has 94 valence electrons. The van der Waals surface area contributed by atoms with Crippen LogP contribution in [0.15, 0.2) is 36.4 Å². The molecule has 0 spiro atoms. The second kappa shape index (κ2) is 4.82. The third-order valence-electron chi connectivity index (χ3n) is 2.77. The molecule has 1 N–H and O–H groups in total. The van der Waals surface area contributed by atoms with Crippen LogP contribution in [-0.2, 0) is 0 Å². The van der Waals surface area contributed by atoms with Crippen molar-refractivity contribution in [1.82, 2.24) is 0 Å². The molecule has 2 aromatic carbocycles. The lowest BCUT2D eigenvalue weighted by molar-refractivity contribution is 0.219. The Bertz CT molecular complexity index is 530. The monoisotopic (exact) mass is 252 g/mol. The third-order valence-corrected chi connectivity index (χ3v) is 2.77. The first-order chi connectivity index (χ1) is 8.49. The first-order valence-electron chi connectivity index (χ1n) is 5.38. The van der Waals surface area contributed by atoms with Crippen molar-refractivity contribution in [1.29, 1.82) is 0 Å². The van der Waals surface area contributed by atoms with Gasteiger partial charge < -0.3 is 5.11 Å². The topological polar surface area (TPSA) is 20.2 Å². The van der Waals surface area contributed by atoms with Crippen LogP contribution in [0.25, 0.3) is 0 Å². The summed E-state index contributed by atoms with van der Waals surface area (Å²) in [5, 5.41) is 9.97.